The van der Waals surface area contributed by atoms with Crippen molar-refractivity contribution in [2.75, 3.05) is 17.6 Å². The van der Waals surface area contributed by atoms with Gasteiger partial charge in [0.15, 0.2) is 0 Å². The average molecular weight is 356 g/mol. The Kier molecular flexibility index (Phi) is 5.90. The number of nitrogens with zero attached hydrogens (tertiary/aromatic N) is 2. The van der Waals surface area contributed by atoms with E-state index in [0.29, 0.717) is 17.9 Å². The second kappa shape index (κ2) is 8.53. The van der Waals surface area contributed by atoms with Gasteiger partial charge in [-0.25, -0.2) is 4.98 Å². The zero-order valence-electron chi connectivity index (χ0n) is 14.0. The van der Waals surface area contributed by atoms with Gasteiger partial charge >= 0.3 is 0 Å². The quantitative estimate of drug-likeness (QED) is 0.604. The van der Waals surface area contributed by atoms with Crippen molar-refractivity contribution in [2.45, 2.75) is 19.1 Å². The number of rotatable bonds is 8. The predicted molar refractivity (Wildman–Crippen MR) is 100.0 cm³/mol. The standard InChI is InChI=1S/C18H20N4O2S/c1-13-4-5-14(10-20-13)9-15-11-21-18(22-17(15)23)19-6-8-25-12-16-3-2-7-24-16/h2-5,7,10-11H,6,8-9,12H2,1H3,(H2,19,21,22,23). The molecule has 3 aromatic rings. The van der Waals surface area contributed by atoms with Crippen LogP contribution in [0, 0.1) is 6.92 Å². The summed E-state index contributed by atoms with van der Waals surface area (Å²) in [6, 6.07) is 7.76. The maximum Gasteiger partial charge on any atom is 0.255 e. The molecule has 25 heavy (non-hydrogen) atoms. The van der Waals surface area contributed by atoms with Crippen molar-refractivity contribution in [3.63, 3.8) is 0 Å². The van der Waals surface area contributed by atoms with Gasteiger partial charge in [0.05, 0.1) is 12.0 Å². The van der Waals surface area contributed by atoms with Gasteiger partial charge in [-0.15, -0.1) is 0 Å². The van der Waals surface area contributed by atoms with Crippen LogP contribution in [0.2, 0.25) is 0 Å². The van der Waals surface area contributed by atoms with Gasteiger partial charge < -0.3 is 9.73 Å². The molecule has 0 unspecified atom stereocenters. The van der Waals surface area contributed by atoms with Crippen molar-refractivity contribution in [1.82, 2.24) is 15.0 Å². The summed E-state index contributed by atoms with van der Waals surface area (Å²) in [6.45, 7) is 2.65. The molecule has 6 nitrogen and oxygen atoms in total. The summed E-state index contributed by atoms with van der Waals surface area (Å²) in [5.41, 5.74) is 2.46. The zero-order chi connectivity index (χ0) is 17.5. The Labute approximate surface area is 150 Å². The smallest absolute Gasteiger partial charge is 0.255 e. The van der Waals surface area contributed by atoms with Crippen molar-refractivity contribution in [3.05, 3.63) is 75.9 Å². The van der Waals surface area contributed by atoms with E-state index in [1.165, 1.54) is 0 Å². The summed E-state index contributed by atoms with van der Waals surface area (Å²) < 4.78 is 5.28. The zero-order valence-corrected chi connectivity index (χ0v) is 14.8. The van der Waals surface area contributed by atoms with Gasteiger partial charge in [-0.3, -0.25) is 14.8 Å². The fourth-order valence-corrected chi connectivity index (χ4v) is 3.03. The van der Waals surface area contributed by atoms with Gasteiger partial charge in [0.2, 0.25) is 5.95 Å². The van der Waals surface area contributed by atoms with Crippen LogP contribution in [-0.4, -0.2) is 27.2 Å². The first-order chi connectivity index (χ1) is 12.2. The predicted octanol–water partition coefficient (Wildman–Crippen LogP) is 3.00. The lowest BCUT2D eigenvalue weighted by Gasteiger charge is -2.06. The lowest BCUT2D eigenvalue weighted by atomic mass is 10.1. The van der Waals surface area contributed by atoms with Crippen LogP contribution in [0.3, 0.4) is 0 Å². The molecule has 7 heteroatoms. The topological polar surface area (TPSA) is 83.8 Å². The summed E-state index contributed by atoms with van der Waals surface area (Å²) in [4.78, 5) is 23.5. The Bertz CT molecular complexity index is 844. The number of anilines is 1. The molecule has 3 aromatic heterocycles. The lowest BCUT2D eigenvalue weighted by Crippen LogP contribution is -2.18. The van der Waals surface area contributed by atoms with E-state index in [1.807, 2.05) is 31.2 Å². The van der Waals surface area contributed by atoms with Crippen molar-refractivity contribution < 1.29 is 4.42 Å². The van der Waals surface area contributed by atoms with Gasteiger partial charge in [0, 0.05) is 42.4 Å². The van der Waals surface area contributed by atoms with Crippen molar-refractivity contribution in [3.8, 4) is 0 Å². The number of aromatic nitrogens is 3. The number of nitrogens with one attached hydrogen (secondary N) is 2. The second-order valence-corrected chi connectivity index (χ2v) is 6.73. The number of thioether (sulfide) groups is 1. The molecule has 0 fully saturated rings. The highest BCUT2D eigenvalue weighted by Gasteiger charge is 2.04. The molecule has 3 heterocycles. The molecule has 0 atom stereocenters. The maximum absolute atomic E-state index is 12.2. The first-order valence-corrected chi connectivity index (χ1v) is 9.20. The number of hydrogen-bond acceptors (Lipinski definition) is 6. The Hall–Kier alpha value is -2.54. The van der Waals surface area contributed by atoms with E-state index in [-0.39, 0.29) is 5.56 Å². The van der Waals surface area contributed by atoms with E-state index < -0.39 is 0 Å². The Morgan fingerprint density at radius 2 is 2.16 bits per heavy atom. The summed E-state index contributed by atoms with van der Waals surface area (Å²) in [5, 5.41) is 3.13. The summed E-state index contributed by atoms with van der Waals surface area (Å²) >= 11 is 1.76. The van der Waals surface area contributed by atoms with E-state index in [0.717, 1.165) is 35.1 Å². The minimum atomic E-state index is -0.124. The van der Waals surface area contributed by atoms with Gasteiger partial charge in [-0.2, -0.15) is 11.8 Å². The number of aromatic amines is 1. The molecule has 0 bridgehead atoms. The number of furan rings is 1. The summed E-state index contributed by atoms with van der Waals surface area (Å²) in [5.74, 6) is 3.18. The summed E-state index contributed by atoms with van der Waals surface area (Å²) in [6.07, 6.45) is 5.61. The number of hydrogen-bond donors (Lipinski definition) is 2. The molecular formula is C18H20N4O2S. The van der Waals surface area contributed by atoms with Gasteiger partial charge in [-0.05, 0) is 30.7 Å². The van der Waals surface area contributed by atoms with Crippen LogP contribution in [0.1, 0.15) is 22.6 Å². The first-order valence-electron chi connectivity index (χ1n) is 8.04. The normalized spacial score (nSPS) is 10.8. The molecule has 0 aliphatic heterocycles. The minimum absolute atomic E-state index is 0.124. The molecule has 0 saturated heterocycles. The maximum atomic E-state index is 12.2. The van der Waals surface area contributed by atoms with Crippen molar-refractivity contribution >= 4 is 17.7 Å². The number of pyridine rings is 1. The Balaban J connectivity index is 1.47. The van der Waals surface area contributed by atoms with Gasteiger partial charge in [0.1, 0.15) is 5.76 Å². The SMILES string of the molecule is Cc1ccc(Cc2cnc(NCCSCc3ccco3)[nH]c2=O)cn1. The van der Waals surface area contributed by atoms with Crippen molar-refractivity contribution in [2.24, 2.45) is 0 Å². The molecule has 130 valence electrons. The van der Waals surface area contributed by atoms with Gasteiger partial charge in [0.25, 0.3) is 5.56 Å². The molecule has 0 radical (unpaired) electrons. The van der Waals surface area contributed by atoms with E-state index in [2.05, 4.69) is 20.3 Å². The van der Waals surface area contributed by atoms with Crippen LogP contribution in [0.4, 0.5) is 5.95 Å². The molecule has 0 aliphatic rings. The third-order valence-corrected chi connectivity index (χ3v) is 4.58. The monoisotopic (exact) mass is 356 g/mol. The fourth-order valence-electron chi connectivity index (χ4n) is 2.27. The molecule has 2 N–H and O–H groups in total. The largest absolute Gasteiger partial charge is 0.468 e. The van der Waals surface area contributed by atoms with Crippen LogP contribution in [0.25, 0.3) is 0 Å². The highest BCUT2D eigenvalue weighted by molar-refractivity contribution is 7.98. The van der Waals surface area contributed by atoms with E-state index in [1.54, 1.807) is 30.4 Å². The lowest BCUT2D eigenvalue weighted by molar-refractivity contribution is 0.530. The van der Waals surface area contributed by atoms with E-state index >= 15 is 0 Å². The molecule has 0 saturated carbocycles. The second-order valence-electron chi connectivity index (χ2n) is 5.63. The van der Waals surface area contributed by atoms with E-state index in [4.69, 9.17) is 4.42 Å². The molecule has 3 rings (SSSR count). The molecular weight excluding hydrogens is 336 g/mol. The Morgan fingerprint density at radius 3 is 2.88 bits per heavy atom. The van der Waals surface area contributed by atoms with Gasteiger partial charge in [-0.1, -0.05) is 6.07 Å². The van der Waals surface area contributed by atoms with Crippen LogP contribution < -0.4 is 10.9 Å². The highest BCUT2D eigenvalue weighted by atomic mass is 32.2. The first kappa shape index (κ1) is 17.3. The van der Waals surface area contributed by atoms with Crippen LogP contribution >= 0.6 is 11.8 Å². The minimum Gasteiger partial charge on any atom is -0.468 e. The molecule has 0 spiro atoms. The summed E-state index contributed by atoms with van der Waals surface area (Å²) in [7, 11) is 0. The van der Waals surface area contributed by atoms with Crippen LogP contribution in [-0.2, 0) is 12.2 Å². The molecule has 0 amide bonds. The highest BCUT2D eigenvalue weighted by Crippen LogP contribution is 2.12. The molecule has 0 aromatic carbocycles. The number of H-pyrrole nitrogens is 1. The van der Waals surface area contributed by atoms with Crippen LogP contribution in [0.5, 0.6) is 0 Å². The molecule has 0 aliphatic carbocycles. The third kappa shape index (κ3) is 5.22. The van der Waals surface area contributed by atoms with E-state index in [9.17, 15) is 4.79 Å². The average Bonchev–Trinajstić information content (AvgIpc) is 3.12. The third-order valence-electron chi connectivity index (χ3n) is 3.60. The Morgan fingerprint density at radius 1 is 1.24 bits per heavy atom. The number of aryl methyl sites for hydroxylation is 1. The van der Waals surface area contributed by atoms with Crippen molar-refractivity contribution in [1.29, 1.82) is 0 Å². The fraction of sp³-hybridized carbons (Fsp3) is 0.278. The van der Waals surface area contributed by atoms with Crippen LogP contribution in [0.15, 0.2) is 52.1 Å².